The summed E-state index contributed by atoms with van der Waals surface area (Å²) >= 11 is 0. The summed E-state index contributed by atoms with van der Waals surface area (Å²) in [5, 5.41) is 15.8. The Morgan fingerprint density at radius 3 is 2.42 bits per heavy atom. The largest absolute Gasteiger partial charge is 0.508 e. The van der Waals surface area contributed by atoms with Gasteiger partial charge in [0.05, 0.1) is 13.1 Å². The second kappa shape index (κ2) is 11.0. The molecule has 2 saturated heterocycles. The first-order chi connectivity index (χ1) is 17.2. The van der Waals surface area contributed by atoms with Crippen molar-refractivity contribution in [3.8, 4) is 5.75 Å². The van der Waals surface area contributed by atoms with Crippen LogP contribution in [0.25, 0.3) is 0 Å². The Morgan fingerprint density at radius 2 is 1.75 bits per heavy atom. The minimum Gasteiger partial charge on any atom is -0.508 e. The second-order valence-corrected chi connectivity index (χ2v) is 9.94. The highest BCUT2D eigenvalue weighted by Crippen LogP contribution is 2.28. The van der Waals surface area contributed by atoms with Crippen molar-refractivity contribution in [1.82, 2.24) is 25.1 Å². The number of phenols is 1. The zero-order valence-electron chi connectivity index (χ0n) is 21.1. The molecule has 0 aromatic heterocycles. The summed E-state index contributed by atoms with van der Waals surface area (Å²) in [4.78, 5) is 43.7. The van der Waals surface area contributed by atoms with Crippen molar-refractivity contribution in [2.75, 3.05) is 26.7 Å². The van der Waals surface area contributed by atoms with Gasteiger partial charge in [0.25, 0.3) is 0 Å². The first-order valence-corrected chi connectivity index (χ1v) is 12.4. The van der Waals surface area contributed by atoms with Gasteiger partial charge in [-0.2, -0.15) is 0 Å². The van der Waals surface area contributed by atoms with Gasteiger partial charge in [-0.05, 0) is 35.6 Å². The van der Waals surface area contributed by atoms with Crippen LogP contribution in [0.5, 0.6) is 5.75 Å². The lowest BCUT2D eigenvalue weighted by Crippen LogP contribution is -2.76. The number of urea groups is 1. The van der Waals surface area contributed by atoms with Crippen LogP contribution >= 0.6 is 0 Å². The topological polar surface area (TPSA) is 96.4 Å². The predicted molar refractivity (Wildman–Crippen MR) is 135 cm³/mol. The highest BCUT2D eigenvalue weighted by Gasteiger charge is 2.50. The van der Waals surface area contributed by atoms with Crippen LogP contribution in [0.1, 0.15) is 31.4 Å². The Bertz CT molecular complexity index is 1080. The molecule has 2 N–H and O–H groups in total. The van der Waals surface area contributed by atoms with Gasteiger partial charge in [0.2, 0.25) is 11.8 Å². The van der Waals surface area contributed by atoms with Gasteiger partial charge in [0, 0.05) is 26.6 Å². The minimum absolute atomic E-state index is 0.000604. The zero-order valence-corrected chi connectivity index (χ0v) is 21.1. The third kappa shape index (κ3) is 5.62. The molecule has 2 atom stereocenters. The molecule has 2 heterocycles. The molecule has 2 aliphatic heterocycles. The van der Waals surface area contributed by atoms with Crippen LogP contribution in [0.3, 0.4) is 0 Å². The fourth-order valence-corrected chi connectivity index (χ4v) is 4.83. The number of piperazine rings is 1. The number of carbonyl (C=O) groups is 3. The first-order valence-electron chi connectivity index (χ1n) is 12.4. The molecule has 0 unspecified atom stereocenters. The van der Waals surface area contributed by atoms with Crippen molar-refractivity contribution < 1.29 is 19.5 Å². The highest BCUT2D eigenvalue weighted by atomic mass is 16.3. The van der Waals surface area contributed by atoms with Gasteiger partial charge < -0.3 is 20.2 Å². The highest BCUT2D eigenvalue weighted by molar-refractivity contribution is 5.91. The predicted octanol–water partition coefficient (Wildman–Crippen LogP) is 2.42. The molecule has 0 radical (unpaired) electrons. The summed E-state index contributed by atoms with van der Waals surface area (Å²) < 4.78 is 0. The van der Waals surface area contributed by atoms with Gasteiger partial charge in [-0.25, -0.2) is 14.8 Å². The van der Waals surface area contributed by atoms with Gasteiger partial charge >= 0.3 is 6.03 Å². The molecular weight excluding hydrogens is 458 g/mol. The van der Waals surface area contributed by atoms with E-state index in [0.717, 1.165) is 17.5 Å². The van der Waals surface area contributed by atoms with Crippen LogP contribution < -0.4 is 5.32 Å². The normalized spacial score (nSPS) is 20.6. The Balaban J connectivity index is 1.61. The molecule has 2 aliphatic rings. The zero-order chi connectivity index (χ0) is 25.8. The van der Waals surface area contributed by atoms with E-state index in [2.05, 4.69) is 19.2 Å². The van der Waals surface area contributed by atoms with E-state index < -0.39 is 12.2 Å². The number of aromatic hydroxyl groups is 1. The molecule has 36 heavy (non-hydrogen) atoms. The molecule has 0 aliphatic carbocycles. The minimum atomic E-state index is -0.730. The number of hydrazine groups is 1. The molecule has 0 spiro atoms. The fourth-order valence-electron chi connectivity index (χ4n) is 4.83. The molecule has 9 nitrogen and oxygen atoms in total. The monoisotopic (exact) mass is 493 g/mol. The molecule has 4 amide bonds. The van der Waals surface area contributed by atoms with Crippen molar-refractivity contribution >= 4 is 17.8 Å². The lowest BCUT2D eigenvalue weighted by molar-refractivity contribution is -0.187. The van der Waals surface area contributed by atoms with Crippen LogP contribution in [0.15, 0.2) is 54.6 Å². The summed E-state index contributed by atoms with van der Waals surface area (Å²) in [6.45, 7) is 5.39. The molecule has 2 aromatic carbocycles. The quantitative estimate of drug-likeness (QED) is 0.618. The van der Waals surface area contributed by atoms with E-state index in [-0.39, 0.29) is 36.7 Å². The Labute approximate surface area is 212 Å². The number of hydrogen-bond acceptors (Lipinski definition) is 5. The number of nitrogens with one attached hydrogen (secondary N) is 1. The van der Waals surface area contributed by atoms with E-state index in [1.807, 2.05) is 30.3 Å². The average molecular weight is 494 g/mol. The fraction of sp³-hybridized carbons (Fsp3) is 0.444. The van der Waals surface area contributed by atoms with Crippen LogP contribution in [0.4, 0.5) is 4.79 Å². The van der Waals surface area contributed by atoms with Gasteiger partial charge in [0.15, 0.2) is 0 Å². The number of hydrogen-bond donors (Lipinski definition) is 2. The van der Waals surface area contributed by atoms with E-state index in [9.17, 15) is 19.5 Å². The lowest BCUT2D eigenvalue weighted by Gasteiger charge is -2.54. The maximum absolute atomic E-state index is 13.6. The lowest BCUT2D eigenvalue weighted by atomic mass is 9.98. The summed E-state index contributed by atoms with van der Waals surface area (Å²) in [6, 6.07) is 15.3. The number of likely N-dealkylation sites (N-methyl/N-ethyl adjacent to an activating group) is 1. The van der Waals surface area contributed by atoms with E-state index in [1.165, 1.54) is 0 Å². The summed E-state index contributed by atoms with van der Waals surface area (Å²) in [7, 11) is 1.72. The van der Waals surface area contributed by atoms with Crippen LogP contribution in [0, 0.1) is 5.92 Å². The van der Waals surface area contributed by atoms with Crippen molar-refractivity contribution in [2.24, 2.45) is 5.92 Å². The van der Waals surface area contributed by atoms with Gasteiger partial charge in [-0.15, -0.1) is 0 Å². The third-order valence-corrected chi connectivity index (χ3v) is 6.78. The number of benzene rings is 2. The molecular formula is C27H35N5O4. The maximum Gasteiger partial charge on any atom is 0.334 e. The maximum atomic E-state index is 13.6. The van der Waals surface area contributed by atoms with E-state index >= 15 is 0 Å². The average Bonchev–Trinajstić information content (AvgIpc) is 2.85. The SMILES string of the molecule is CC(C)CCN1C[C@H]2N(C(=O)CN(C)N2C(=O)NCc2ccccc2)[C@@H](Cc2ccc(O)cc2)C1=O. The number of phenolic OH excluding ortho intramolecular Hbond substituents is 1. The first kappa shape index (κ1) is 25.5. The molecule has 9 heteroatoms. The second-order valence-electron chi connectivity index (χ2n) is 9.94. The standard InChI is InChI=1S/C27H35N5O4/c1-19(2)13-14-30-17-24-31(23(26(30)35)15-20-9-11-22(33)12-10-20)25(34)18-29(3)32(24)27(36)28-16-21-7-5-4-6-8-21/h4-12,19,23-24,33H,13-18H2,1-3H3,(H,28,36)/t23-,24-/m0/s1. The Morgan fingerprint density at radius 1 is 1.06 bits per heavy atom. The number of nitrogens with zero attached hydrogens (tertiary/aromatic N) is 4. The van der Waals surface area contributed by atoms with Crippen molar-refractivity contribution in [2.45, 2.75) is 45.4 Å². The van der Waals surface area contributed by atoms with Crippen molar-refractivity contribution in [3.05, 3.63) is 65.7 Å². The smallest absolute Gasteiger partial charge is 0.334 e. The molecule has 192 valence electrons. The van der Waals surface area contributed by atoms with E-state index in [0.29, 0.717) is 25.4 Å². The summed E-state index contributed by atoms with van der Waals surface area (Å²) in [6.07, 6.45) is 0.524. The van der Waals surface area contributed by atoms with Gasteiger partial charge in [0.1, 0.15) is 18.0 Å². The molecule has 0 bridgehead atoms. The van der Waals surface area contributed by atoms with E-state index in [4.69, 9.17) is 0 Å². The Kier molecular flexibility index (Phi) is 7.79. The number of fused-ring (bicyclic) bond motifs is 1. The number of amides is 4. The van der Waals surface area contributed by atoms with E-state index in [1.54, 1.807) is 51.1 Å². The van der Waals surface area contributed by atoms with Crippen LogP contribution in [-0.2, 0) is 22.6 Å². The summed E-state index contributed by atoms with van der Waals surface area (Å²) in [5.41, 5.74) is 1.81. The van der Waals surface area contributed by atoms with Gasteiger partial charge in [-0.1, -0.05) is 56.3 Å². The Hall–Kier alpha value is -3.59. The molecule has 0 saturated carbocycles. The third-order valence-electron chi connectivity index (χ3n) is 6.78. The van der Waals surface area contributed by atoms with Gasteiger partial charge in [-0.3, -0.25) is 9.59 Å². The molecule has 2 fully saturated rings. The van der Waals surface area contributed by atoms with Crippen molar-refractivity contribution in [1.29, 1.82) is 0 Å². The van der Waals surface area contributed by atoms with Crippen molar-refractivity contribution in [3.63, 3.8) is 0 Å². The number of rotatable bonds is 7. The summed E-state index contributed by atoms with van der Waals surface area (Å²) in [5.74, 6) is 0.257. The molecule has 4 rings (SSSR count). The van der Waals surface area contributed by atoms with Crippen LogP contribution in [-0.4, -0.2) is 81.7 Å². The van der Waals surface area contributed by atoms with Crippen LogP contribution in [0.2, 0.25) is 0 Å². The molecule has 2 aromatic rings. The number of carbonyl (C=O) groups excluding carboxylic acids is 3.